The van der Waals surface area contributed by atoms with Gasteiger partial charge in [-0.2, -0.15) is 0 Å². The van der Waals surface area contributed by atoms with Crippen molar-refractivity contribution in [1.29, 1.82) is 0 Å². The van der Waals surface area contributed by atoms with Gasteiger partial charge in [0.15, 0.2) is 0 Å². The Morgan fingerprint density at radius 3 is 2.53 bits per heavy atom. The van der Waals surface area contributed by atoms with E-state index in [0.717, 1.165) is 29.9 Å². The summed E-state index contributed by atoms with van der Waals surface area (Å²) in [6.07, 6.45) is 11.9. The molecule has 196 valence electrons. The van der Waals surface area contributed by atoms with Crippen molar-refractivity contribution >= 4 is 17.7 Å². The Morgan fingerprint density at radius 2 is 1.89 bits per heavy atom. The number of thioether (sulfide) groups is 1. The largest absolute Gasteiger partial charge is 0.457 e. The average Bonchev–Trinajstić information content (AvgIpc) is 3.04. The summed E-state index contributed by atoms with van der Waals surface area (Å²) < 4.78 is 18.8. The molecule has 8 atom stereocenters. The maximum Gasteiger partial charge on any atom is 0.303 e. The molecule has 0 aromatic heterocycles. The molecule has 1 saturated carbocycles. The van der Waals surface area contributed by atoms with Crippen molar-refractivity contribution in [2.75, 3.05) is 6.54 Å². The number of fused-ring (bicyclic) bond motifs is 3. The summed E-state index contributed by atoms with van der Waals surface area (Å²) in [6.45, 7) is 8.93. The number of hydrogen-bond acceptors (Lipinski definition) is 5. The van der Waals surface area contributed by atoms with Gasteiger partial charge in [0.2, 0.25) is 0 Å². The third-order valence-corrected chi connectivity index (χ3v) is 10.6. The second kappa shape index (κ2) is 10.4. The van der Waals surface area contributed by atoms with Crippen LogP contribution in [0.15, 0.2) is 40.8 Å². The molecule has 1 aromatic carbocycles. The zero-order valence-corrected chi connectivity index (χ0v) is 22.8. The number of esters is 1. The summed E-state index contributed by atoms with van der Waals surface area (Å²) in [5, 5.41) is 12.4. The van der Waals surface area contributed by atoms with Gasteiger partial charge in [-0.3, -0.25) is 9.69 Å². The predicted octanol–water partition coefficient (Wildman–Crippen LogP) is 5.92. The van der Waals surface area contributed by atoms with Crippen LogP contribution >= 0.6 is 11.8 Å². The number of carbonyl (C=O) groups excluding carboxylic acids is 1. The van der Waals surface area contributed by atoms with Crippen LogP contribution in [0.3, 0.4) is 0 Å². The topological polar surface area (TPSA) is 49.8 Å². The summed E-state index contributed by atoms with van der Waals surface area (Å²) >= 11 is 1.91. The molecule has 36 heavy (non-hydrogen) atoms. The van der Waals surface area contributed by atoms with E-state index in [1.54, 1.807) is 12.1 Å². The Balaban J connectivity index is 1.25. The normalized spacial score (nSPS) is 39.3. The molecule has 2 aliphatic heterocycles. The lowest BCUT2D eigenvalue weighted by Gasteiger charge is -2.53. The van der Waals surface area contributed by atoms with E-state index in [0.29, 0.717) is 29.2 Å². The van der Waals surface area contributed by atoms with Crippen LogP contribution in [0.5, 0.6) is 0 Å². The second-order valence-corrected chi connectivity index (χ2v) is 13.1. The van der Waals surface area contributed by atoms with Crippen LogP contribution in [0.1, 0.15) is 66.2 Å². The molecule has 0 spiro atoms. The zero-order chi connectivity index (χ0) is 25.6. The number of ether oxygens (including phenoxy) is 1. The minimum absolute atomic E-state index is 0.00674. The Kier molecular flexibility index (Phi) is 7.59. The molecule has 1 N–H and O–H groups in total. The molecule has 2 saturated heterocycles. The first kappa shape index (κ1) is 26.2. The number of rotatable bonds is 6. The van der Waals surface area contributed by atoms with Gasteiger partial charge in [0.1, 0.15) is 11.9 Å². The van der Waals surface area contributed by atoms with Crippen molar-refractivity contribution in [2.45, 2.75) is 100 Å². The first-order valence-electron chi connectivity index (χ1n) is 13.7. The highest BCUT2D eigenvalue weighted by molar-refractivity contribution is 8.00. The highest BCUT2D eigenvalue weighted by Gasteiger charge is 2.54. The summed E-state index contributed by atoms with van der Waals surface area (Å²) in [6, 6.07) is 8.15. The van der Waals surface area contributed by atoms with Gasteiger partial charge < -0.3 is 9.84 Å². The number of hydrogen-bond donors (Lipinski definition) is 1. The molecule has 2 radical (unpaired) electrons. The summed E-state index contributed by atoms with van der Waals surface area (Å²) in [5.74, 6) is 0.405. The molecule has 2 bridgehead atoms. The minimum Gasteiger partial charge on any atom is -0.457 e. The molecule has 2 heterocycles. The van der Waals surface area contributed by atoms with Gasteiger partial charge in [-0.25, -0.2) is 4.39 Å². The predicted molar refractivity (Wildman–Crippen MR) is 141 cm³/mol. The average molecular weight is 514 g/mol. The summed E-state index contributed by atoms with van der Waals surface area (Å²) in [4.78, 5) is 15.5. The van der Waals surface area contributed by atoms with Crippen molar-refractivity contribution in [2.24, 2.45) is 23.7 Å². The standard InChI is InChI=1S/C30H40FNO3S/c1-18-13-28-27(12-5-20(3)30(28,34)16-29(18)35-21(4)33)19(2)17-32-23-8-9-24(32)15-26(14-23)36-25-10-6-22(31)7-11-25/h6-7,10-11,13,19-20,23-24,26-29,34H,5,8-9,12,14-15,17H2,1-4H3/t19-,20-,23?,24?,26?,27+,28-,29-,30-/m1/s1. The Hall–Kier alpha value is -1.37. The lowest BCUT2D eigenvalue weighted by molar-refractivity contribution is -0.148. The van der Waals surface area contributed by atoms with Gasteiger partial charge in [-0.1, -0.05) is 19.9 Å². The zero-order valence-electron chi connectivity index (χ0n) is 22.0. The van der Waals surface area contributed by atoms with E-state index in [1.165, 1.54) is 32.6 Å². The molecular weight excluding hydrogens is 473 g/mol. The molecule has 0 amide bonds. The van der Waals surface area contributed by atoms with Crippen LogP contribution in [0.4, 0.5) is 4.39 Å². The van der Waals surface area contributed by atoms with Gasteiger partial charge >= 0.3 is 5.97 Å². The second-order valence-electron chi connectivity index (χ2n) is 11.8. The molecule has 3 fully saturated rings. The quantitative estimate of drug-likeness (QED) is 0.378. The highest BCUT2D eigenvalue weighted by atomic mass is 32.2. The highest BCUT2D eigenvalue weighted by Crippen LogP contribution is 2.51. The van der Waals surface area contributed by atoms with Gasteiger partial charge in [-0.15, -0.1) is 11.8 Å². The molecule has 6 heteroatoms. The first-order valence-corrected chi connectivity index (χ1v) is 14.6. The van der Waals surface area contributed by atoms with Crippen molar-refractivity contribution in [1.82, 2.24) is 4.90 Å². The maximum absolute atomic E-state index is 13.3. The Labute approximate surface area is 220 Å². The number of piperidine rings is 1. The molecule has 4 nitrogen and oxygen atoms in total. The number of halogens is 1. The van der Waals surface area contributed by atoms with E-state index in [-0.39, 0.29) is 23.6 Å². The number of benzene rings is 1. The molecule has 5 rings (SSSR count). The van der Waals surface area contributed by atoms with Gasteiger partial charge in [0.25, 0.3) is 0 Å². The summed E-state index contributed by atoms with van der Waals surface area (Å²) in [7, 11) is 0. The first-order chi connectivity index (χ1) is 17.1. The van der Waals surface area contributed by atoms with Gasteiger partial charge in [0, 0.05) is 41.6 Å². The Bertz CT molecular complexity index is 969. The van der Waals surface area contributed by atoms with Crippen LogP contribution in [0.2, 0.25) is 0 Å². The van der Waals surface area contributed by atoms with Gasteiger partial charge in [0.05, 0.1) is 12.0 Å². The monoisotopic (exact) mass is 513 g/mol. The van der Waals surface area contributed by atoms with E-state index in [1.807, 2.05) is 30.8 Å². The van der Waals surface area contributed by atoms with Crippen molar-refractivity contribution in [3.63, 3.8) is 0 Å². The van der Waals surface area contributed by atoms with Crippen molar-refractivity contribution < 1.29 is 19.0 Å². The fraction of sp³-hybridized carbons (Fsp3) is 0.667. The van der Waals surface area contributed by atoms with Crippen molar-refractivity contribution in [3.8, 4) is 0 Å². The number of aliphatic hydroxyl groups is 1. The SMILES string of the molecule is CC(=O)O[C@@H]1[C][C@@]2(O)[C@H](C)CC[C@@H]([C@H](C)CN3C4CCC3CC(Sc3ccc(F)cc3)C4)[C@H]2C=C1C. The molecule has 2 aliphatic carbocycles. The van der Waals surface area contributed by atoms with E-state index in [9.17, 15) is 14.3 Å². The van der Waals surface area contributed by atoms with Gasteiger partial charge in [-0.05, 0) is 93.0 Å². The number of nitrogens with zero attached hydrogens (tertiary/aromatic N) is 1. The van der Waals surface area contributed by atoms with E-state index in [4.69, 9.17) is 4.74 Å². The third-order valence-electron chi connectivity index (χ3n) is 9.34. The van der Waals surface area contributed by atoms with Crippen LogP contribution in [0.25, 0.3) is 0 Å². The lowest BCUT2D eigenvalue weighted by atomic mass is 9.57. The van der Waals surface area contributed by atoms with E-state index >= 15 is 0 Å². The lowest BCUT2D eigenvalue weighted by Crippen LogP contribution is -2.57. The molecule has 1 aromatic rings. The smallest absolute Gasteiger partial charge is 0.303 e. The molecular formula is C30H40FNO3S. The maximum atomic E-state index is 13.3. The van der Waals surface area contributed by atoms with Crippen LogP contribution in [-0.2, 0) is 9.53 Å². The van der Waals surface area contributed by atoms with Crippen LogP contribution in [0, 0.1) is 35.9 Å². The van der Waals surface area contributed by atoms with Crippen molar-refractivity contribution in [3.05, 3.63) is 48.2 Å². The molecule has 4 aliphatic rings. The fourth-order valence-corrected chi connectivity index (χ4v) is 8.71. The Morgan fingerprint density at radius 1 is 1.22 bits per heavy atom. The summed E-state index contributed by atoms with van der Waals surface area (Å²) in [5.41, 5.74) is -0.0842. The number of carbonyl (C=O) groups is 1. The van der Waals surface area contributed by atoms with E-state index < -0.39 is 11.7 Å². The molecule has 2 unspecified atom stereocenters. The third kappa shape index (κ3) is 5.15. The van der Waals surface area contributed by atoms with Crippen LogP contribution < -0.4 is 0 Å². The fourth-order valence-electron chi connectivity index (χ4n) is 7.40. The van der Waals surface area contributed by atoms with Crippen LogP contribution in [-0.4, -0.2) is 51.6 Å². The van der Waals surface area contributed by atoms with E-state index in [2.05, 4.69) is 31.2 Å². The minimum atomic E-state index is -1.06.